The van der Waals surface area contributed by atoms with Gasteiger partial charge in [0.1, 0.15) is 10.7 Å². The molecule has 0 aliphatic rings. The van der Waals surface area contributed by atoms with Crippen molar-refractivity contribution in [3.8, 4) is 0 Å². The van der Waals surface area contributed by atoms with Crippen molar-refractivity contribution >= 4 is 29.3 Å². The standard InChI is InChI=1S/C26H22ClF6N3OS/c1-36(15-17-7-5-6-10-21(17)27)24(37)22(34)23(38-20-8-3-2-4-9-20)35-14-16-11-18(25(28,29)30)13-19(12-16)26(31,32)33/h2-13,35H,14-15,34H2,1H3/b23-22+. The average molecular weight is 574 g/mol. The van der Waals surface area contributed by atoms with Gasteiger partial charge < -0.3 is 16.0 Å². The predicted molar refractivity (Wildman–Crippen MR) is 135 cm³/mol. The fraction of sp³-hybridized carbons (Fsp3) is 0.192. The Balaban J connectivity index is 1.93. The molecule has 3 aromatic rings. The molecule has 0 saturated carbocycles. The van der Waals surface area contributed by atoms with Crippen molar-refractivity contribution in [3.05, 3.63) is 111 Å². The van der Waals surface area contributed by atoms with E-state index < -0.39 is 35.9 Å². The van der Waals surface area contributed by atoms with E-state index in [4.69, 9.17) is 17.3 Å². The highest BCUT2D eigenvalue weighted by Crippen LogP contribution is 2.36. The third-order valence-corrected chi connectivity index (χ3v) is 6.70. The molecule has 3 rings (SSSR count). The molecule has 38 heavy (non-hydrogen) atoms. The van der Waals surface area contributed by atoms with Crippen LogP contribution in [0.25, 0.3) is 0 Å². The van der Waals surface area contributed by atoms with Crippen molar-refractivity contribution < 1.29 is 31.1 Å². The largest absolute Gasteiger partial charge is 0.416 e. The minimum atomic E-state index is -4.98. The topological polar surface area (TPSA) is 58.4 Å². The number of likely N-dealkylation sites (N-methyl/N-ethyl adjacent to an activating group) is 1. The van der Waals surface area contributed by atoms with Crippen LogP contribution in [0.15, 0.2) is 88.4 Å². The van der Waals surface area contributed by atoms with E-state index in [9.17, 15) is 31.1 Å². The molecule has 202 valence electrons. The number of thioether (sulfide) groups is 1. The van der Waals surface area contributed by atoms with Gasteiger partial charge in [0, 0.05) is 30.1 Å². The van der Waals surface area contributed by atoms with E-state index >= 15 is 0 Å². The molecule has 12 heteroatoms. The zero-order chi connectivity index (χ0) is 28.1. The van der Waals surface area contributed by atoms with Gasteiger partial charge in [-0.05, 0) is 47.5 Å². The summed E-state index contributed by atoms with van der Waals surface area (Å²) in [6, 6.07) is 16.8. The van der Waals surface area contributed by atoms with Crippen molar-refractivity contribution in [3.63, 3.8) is 0 Å². The number of nitrogens with zero attached hydrogens (tertiary/aromatic N) is 1. The first-order chi connectivity index (χ1) is 17.8. The second kappa shape index (κ2) is 12.0. The van der Waals surface area contributed by atoms with E-state index in [0.29, 0.717) is 27.6 Å². The molecule has 0 aliphatic heterocycles. The molecule has 0 heterocycles. The minimum Gasteiger partial charge on any atom is -0.392 e. The first kappa shape index (κ1) is 29.2. The number of hydrogen-bond donors (Lipinski definition) is 2. The lowest BCUT2D eigenvalue weighted by Crippen LogP contribution is -2.33. The maximum Gasteiger partial charge on any atom is 0.416 e. The van der Waals surface area contributed by atoms with Crippen LogP contribution in [-0.4, -0.2) is 17.9 Å². The molecule has 0 fully saturated rings. The van der Waals surface area contributed by atoms with Gasteiger partial charge in [0.05, 0.1) is 11.1 Å². The molecule has 0 radical (unpaired) electrons. The molecule has 3 aromatic carbocycles. The van der Waals surface area contributed by atoms with Crippen molar-refractivity contribution in [1.82, 2.24) is 10.2 Å². The minimum absolute atomic E-state index is 0.0561. The lowest BCUT2D eigenvalue weighted by atomic mass is 10.0. The Morgan fingerprint density at radius 3 is 2.03 bits per heavy atom. The maximum absolute atomic E-state index is 13.3. The number of rotatable bonds is 8. The van der Waals surface area contributed by atoms with Crippen LogP contribution in [-0.2, 0) is 30.2 Å². The van der Waals surface area contributed by atoms with Crippen LogP contribution in [0.3, 0.4) is 0 Å². The second-order valence-electron chi connectivity index (χ2n) is 8.18. The summed E-state index contributed by atoms with van der Waals surface area (Å²) in [6.07, 6.45) is -9.96. The lowest BCUT2D eigenvalue weighted by molar-refractivity contribution is -0.143. The lowest BCUT2D eigenvalue weighted by Gasteiger charge is -2.21. The molecule has 0 bridgehead atoms. The third kappa shape index (κ3) is 7.84. The van der Waals surface area contributed by atoms with Gasteiger partial charge in [-0.2, -0.15) is 26.3 Å². The summed E-state index contributed by atoms with van der Waals surface area (Å²) >= 11 is 7.19. The van der Waals surface area contributed by atoms with Gasteiger partial charge in [-0.3, -0.25) is 4.79 Å². The molecule has 4 nitrogen and oxygen atoms in total. The van der Waals surface area contributed by atoms with E-state index in [1.807, 2.05) is 0 Å². The van der Waals surface area contributed by atoms with Gasteiger partial charge in [0.2, 0.25) is 0 Å². The molecule has 3 N–H and O–H groups in total. The average Bonchev–Trinajstić information content (AvgIpc) is 2.86. The number of carbonyl (C=O) groups is 1. The predicted octanol–water partition coefficient (Wildman–Crippen LogP) is 7.05. The van der Waals surface area contributed by atoms with E-state index in [1.165, 1.54) is 11.9 Å². The van der Waals surface area contributed by atoms with E-state index in [0.717, 1.165) is 11.8 Å². The van der Waals surface area contributed by atoms with Crippen LogP contribution in [0.1, 0.15) is 22.3 Å². The van der Waals surface area contributed by atoms with Gasteiger partial charge in [0.25, 0.3) is 5.91 Å². The third-order valence-electron chi connectivity index (χ3n) is 5.25. The highest BCUT2D eigenvalue weighted by Gasteiger charge is 2.36. The fourth-order valence-electron chi connectivity index (χ4n) is 3.35. The molecule has 1 amide bonds. The Bertz CT molecular complexity index is 1280. The van der Waals surface area contributed by atoms with Gasteiger partial charge in [-0.1, -0.05) is 59.8 Å². The normalized spacial score (nSPS) is 12.6. The number of amides is 1. The van der Waals surface area contributed by atoms with Crippen molar-refractivity contribution in [2.24, 2.45) is 5.73 Å². The molecular weight excluding hydrogens is 552 g/mol. The van der Waals surface area contributed by atoms with Crippen molar-refractivity contribution in [2.45, 2.75) is 30.3 Å². The number of benzene rings is 3. The van der Waals surface area contributed by atoms with Crippen LogP contribution in [0.5, 0.6) is 0 Å². The smallest absolute Gasteiger partial charge is 0.392 e. The number of nitrogens with one attached hydrogen (secondary N) is 1. The number of alkyl halides is 6. The van der Waals surface area contributed by atoms with Gasteiger partial charge in [0.15, 0.2) is 0 Å². The van der Waals surface area contributed by atoms with Crippen molar-refractivity contribution in [2.75, 3.05) is 7.05 Å². The SMILES string of the molecule is CN(Cc1ccccc1Cl)C(=O)/C(N)=C(/NCc1cc(C(F)(F)F)cc(C(F)(F)F)c1)Sc1ccccc1. The molecule has 0 atom stereocenters. The molecule has 0 unspecified atom stereocenters. The van der Waals surface area contributed by atoms with Gasteiger partial charge in [-0.15, -0.1) is 0 Å². The highest BCUT2D eigenvalue weighted by molar-refractivity contribution is 8.03. The van der Waals surface area contributed by atoms with E-state index in [2.05, 4.69) is 5.32 Å². The summed E-state index contributed by atoms with van der Waals surface area (Å²) in [6.45, 7) is -0.338. The van der Waals surface area contributed by atoms with Crippen molar-refractivity contribution in [1.29, 1.82) is 0 Å². The zero-order valence-electron chi connectivity index (χ0n) is 19.8. The number of nitrogens with two attached hydrogens (primary N) is 1. The maximum atomic E-state index is 13.3. The Morgan fingerprint density at radius 2 is 1.47 bits per heavy atom. The Hall–Kier alpha value is -3.31. The number of hydrogen-bond acceptors (Lipinski definition) is 4. The fourth-order valence-corrected chi connectivity index (χ4v) is 4.42. The molecule has 0 aromatic heterocycles. The first-order valence-electron chi connectivity index (χ1n) is 11.0. The highest BCUT2D eigenvalue weighted by atomic mass is 35.5. The van der Waals surface area contributed by atoms with Crippen LogP contribution in [0.4, 0.5) is 26.3 Å². The number of halogens is 7. The van der Waals surface area contributed by atoms with Crippen LogP contribution < -0.4 is 11.1 Å². The first-order valence-corrected chi connectivity index (χ1v) is 12.2. The van der Waals surface area contributed by atoms with E-state index in [-0.39, 0.29) is 28.9 Å². The Kier molecular flexibility index (Phi) is 9.26. The van der Waals surface area contributed by atoms with Crippen LogP contribution >= 0.6 is 23.4 Å². The Morgan fingerprint density at radius 1 is 0.921 bits per heavy atom. The molecular formula is C26H22ClF6N3OS. The van der Waals surface area contributed by atoms with Gasteiger partial charge in [-0.25, -0.2) is 0 Å². The molecule has 0 aliphatic carbocycles. The van der Waals surface area contributed by atoms with Crippen LogP contribution in [0, 0.1) is 0 Å². The molecule has 0 saturated heterocycles. The van der Waals surface area contributed by atoms with Crippen LogP contribution in [0.2, 0.25) is 5.02 Å². The summed E-state index contributed by atoms with van der Waals surface area (Å²) in [4.78, 5) is 15.1. The number of carbonyl (C=O) groups excluding carboxylic acids is 1. The summed E-state index contributed by atoms with van der Waals surface area (Å²) in [5.74, 6) is -0.615. The molecule has 0 spiro atoms. The van der Waals surface area contributed by atoms with E-state index in [1.54, 1.807) is 54.6 Å². The summed E-state index contributed by atoms with van der Waals surface area (Å²) in [5.41, 5.74) is 3.41. The van der Waals surface area contributed by atoms with Gasteiger partial charge >= 0.3 is 12.4 Å². The monoisotopic (exact) mass is 573 g/mol. The summed E-state index contributed by atoms with van der Waals surface area (Å²) < 4.78 is 79.6. The summed E-state index contributed by atoms with van der Waals surface area (Å²) in [7, 11) is 1.49. The quantitative estimate of drug-likeness (QED) is 0.172. The second-order valence-corrected chi connectivity index (χ2v) is 9.67. The zero-order valence-corrected chi connectivity index (χ0v) is 21.4. The summed E-state index contributed by atoms with van der Waals surface area (Å²) in [5, 5.41) is 3.27. The Labute approximate surface area is 224 Å².